The van der Waals surface area contributed by atoms with Crippen LogP contribution in [-0.4, -0.2) is 23.3 Å². The van der Waals surface area contributed by atoms with Gasteiger partial charge in [-0.3, -0.25) is 19.8 Å². The molecule has 0 spiro atoms. The number of hydrogen-bond donors (Lipinski definition) is 2. The zero-order valence-electron chi connectivity index (χ0n) is 14.6. The molecular weight excluding hydrogens is 330 g/mol. The number of fused-ring (bicyclic) bond motifs is 2. The topological polar surface area (TPSA) is 82.1 Å². The van der Waals surface area contributed by atoms with E-state index in [1.54, 1.807) is 18.2 Å². The monoisotopic (exact) mass is 349 g/mol. The number of nitrogens with zero attached hydrogens (tertiary/aromatic N) is 1. The highest BCUT2D eigenvalue weighted by molar-refractivity contribution is 5.89. The molecule has 0 unspecified atom stereocenters. The van der Waals surface area contributed by atoms with Crippen LogP contribution in [0.4, 0.5) is 5.69 Å². The Morgan fingerprint density at radius 3 is 2.35 bits per heavy atom. The molecule has 132 valence electrons. The molecule has 2 aromatic carbocycles. The van der Waals surface area contributed by atoms with Crippen LogP contribution in [0.5, 0.6) is 0 Å². The highest BCUT2D eigenvalue weighted by Crippen LogP contribution is 2.31. The highest BCUT2D eigenvalue weighted by atomic mass is 16.3. The van der Waals surface area contributed by atoms with Gasteiger partial charge >= 0.3 is 0 Å². The Labute approximate surface area is 149 Å². The first kappa shape index (κ1) is 16.2. The molecular formula is C20H19N3O3. The number of benzene rings is 2. The minimum absolute atomic E-state index is 0.320. The zero-order chi connectivity index (χ0) is 18.3. The predicted octanol–water partition coefficient (Wildman–Crippen LogP) is 3.48. The summed E-state index contributed by atoms with van der Waals surface area (Å²) in [4.78, 5) is 26.1. The van der Waals surface area contributed by atoms with Crippen molar-refractivity contribution >= 4 is 27.4 Å². The summed E-state index contributed by atoms with van der Waals surface area (Å²) in [7, 11) is 0. The van der Waals surface area contributed by atoms with Crippen LogP contribution in [0.25, 0.3) is 33.1 Å². The van der Waals surface area contributed by atoms with Gasteiger partial charge in [-0.15, -0.1) is 0 Å². The quantitative estimate of drug-likeness (QED) is 0.591. The van der Waals surface area contributed by atoms with Crippen molar-refractivity contribution in [2.24, 2.45) is 0 Å². The fraction of sp³-hybridized carbons (Fsp3) is 0.200. The summed E-state index contributed by atoms with van der Waals surface area (Å²) in [5, 5.41) is 6.38. The normalized spacial score (nSPS) is 11.3. The summed E-state index contributed by atoms with van der Waals surface area (Å²) in [5.41, 5.74) is 2.02. The first-order valence-electron chi connectivity index (χ1n) is 8.64. The van der Waals surface area contributed by atoms with Gasteiger partial charge in [-0.05, 0) is 44.2 Å². The van der Waals surface area contributed by atoms with E-state index in [4.69, 9.17) is 4.42 Å². The molecule has 2 aromatic heterocycles. The Morgan fingerprint density at radius 2 is 1.62 bits per heavy atom. The Balaban J connectivity index is 1.84. The lowest BCUT2D eigenvalue weighted by Crippen LogP contribution is -2.21. The Morgan fingerprint density at radius 1 is 0.885 bits per heavy atom. The van der Waals surface area contributed by atoms with E-state index in [1.807, 2.05) is 18.2 Å². The molecule has 0 aliphatic carbocycles. The van der Waals surface area contributed by atoms with Crippen molar-refractivity contribution in [3.05, 3.63) is 63.2 Å². The van der Waals surface area contributed by atoms with E-state index in [0.717, 1.165) is 35.3 Å². The number of aromatic nitrogens is 2. The molecule has 4 rings (SSSR count). The highest BCUT2D eigenvalue weighted by Gasteiger charge is 2.11. The average molecular weight is 349 g/mol. The van der Waals surface area contributed by atoms with Crippen molar-refractivity contribution in [1.29, 1.82) is 0 Å². The largest absolute Gasteiger partial charge is 0.456 e. The van der Waals surface area contributed by atoms with E-state index in [-0.39, 0.29) is 11.1 Å². The lowest BCUT2D eigenvalue weighted by atomic mass is 10.1. The van der Waals surface area contributed by atoms with Gasteiger partial charge in [0.05, 0.1) is 10.8 Å². The molecule has 0 saturated carbocycles. The first-order chi connectivity index (χ1) is 12.6. The second-order valence-electron chi connectivity index (χ2n) is 6.17. The van der Waals surface area contributed by atoms with Gasteiger partial charge in [-0.2, -0.15) is 0 Å². The summed E-state index contributed by atoms with van der Waals surface area (Å²) in [6.07, 6.45) is 0. The molecule has 2 heterocycles. The van der Waals surface area contributed by atoms with Crippen LogP contribution in [0.15, 0.2) is 56.5 Å². The fourth-order valence-electron chi connectivity index (χ4n) is 3.28. The van der Waals surface area contributed by atoms with Crippen molar-refractivity contribution in [2.75, 3.05) is 18.0 Å². The molecule has 0 saturated heterocycles. The first-order valence-corrected chi connectivity index (χ1v) is 8.64. The van der Waals surface area contributed by atoms with Crippen LogP contribution >= 0.6 is 0 Å². The minimum atomic E-state index is -0.332. The molecule has 0 atom stereocenters. The molecule has 0 fully saturated rings. The van der Waals surface area contributed by atoms with Crippen LogP contribution in [0.3, 0.4) is 0 Å². The van der Waals surface area contributed by atoms with Crippen molar-refractivity contribution in [3.63, 3.8) is 0 Å². The van der Waals surface area contributed by atoms with Crippen molar-refractivity contribution < 1.29 is 4.42 Å². The molecule has 6 heteroatoms. The smallest absolute Gasteiger partial charge is 0.270 e. The third-order valence-corrected chi connectivity index (χ3v) is 4.72. The van der Waals surface area contributed by atoms with Gasteiger partial charge in [0.2, 0.25) is 0 Å². The van der Waals surface area contributed by atoms with Crippen LogP contribution in [0.1, 0.15) is 13.8 Å². The van der Waals surface area contributed by atoms with E-state index in [9.17, 15) is 9.59 Å². The number of aromatic amines is 2. The molecule has 0 bridgehead atoms. The number of anilines is 1. The maximum Gasteiger partial charge on any atom is 0.270 e. The van der Waals surface area contributed by atoms with Gasteiger partial charge in [-0.25, -0.2) is 0 Å². The molecule has 6 nitrogen and oxygen atoms in total. The molecule has 26 heavy (non-hydrogen) atoms. The number of nitrogens with one attached hydrogen (secondary N) is 2. The summed E-state index contributed by atoms with van der Waals surface area (Å²) in [5.74, 6) is 0.665. The zero-order valence-corrected chi connectivity index (χ0v) is 14.6. The second-order valence-corrected chi connectivity index (χ2v) is 6.17. The minimum Gasteiger partial charge on any atom is -0.456 e. The van der Waals surface area contributed by atoms with Crippen LogP contribution in [0.2, 0.25) is 0 Å². The van der Waals surface area contributed by atoms with Crippen molar-refractivity contribution in [2.45, 2.75) is 13.8 Å². The summed E-state index contributed by atoms with van der Waals surface area (Å²) < 4.78 is 6.03. The number of H-pyrrole nitrogens is 2. The molecule has 0 radical (unpaired) electrons. The van der Waals surface area contributed by atoms with E-state index >= 15 is 0 Å². The van der Waals surface area contributed by atoms with Crippen LogP contribution < -0.4 is 16.0 Å². The second kappa shape index (κ2) is 6.22. The van der Waals surface area contributed by atoms with Crippen molar-refractivity contribution in [1.82, 2.24) is 10.2 Å². The molecule has 0 amide bonds. The van der Waals surface area contributed by atoms with Gasteiger partial charge in [0.15, 0.2) is 0 Å². The van der Waals surface area contributed by atoms with E-state index in [1.165, 1.54) is 0 Å². The third-order valence-electron chi connectivity index (χ3n) is 4.72. The van der Waals surface area contributed by atoms with Gasteiger partial charge in [0, 0.05) is 35.8 Å². The summed E-state index contributed by atoms with van der Waals surface area (Å²) in [6, 6.07) is 13.2. The third kappa shape index (κ3) is 2.60. The molecule has 0 aliphatic heterocycles. The predicted molar refractivity (Wildman–Crippen MR) is 104 cm³/mol. The van der Waals surface area contributed by atoms with E-state index in [2.05, 4.69) is 35.0 Å². The Bertz CT molecular complexity index is 1210. The number of hydrogen-bond acceptors (Lipinski definition) is 4. The number of furan rings is 1. The maximum absolute atomic E-state index is 12.0. The fourth-order valence-corrected chi connectivity index (χ4v) is 3.28. The standard InChI is InChI=1S/C20H19N3O3/c1-3-23(4-2)14-7-5-13-10-17(26-18(13)11-14)12-6-8-15-16(9-12)20(25)22-21-19(15)24/h5-11H,3-4H2,1-2H3,(H,21,24)(H,22,25). The average Bonchev–Trinajstić information content (AvgIpc) is 3.09. The SMILES string of the molecule is CCN(CC)c1ccc2cc(-c3ccc4c(=O)[nH][nH]c(=O)c4c3)oc2c1. The van der Waals surface area contributed by atoms with Gasteiger partial charge in [-0.1, -0.05) is 6.07 Å². The Kier molecular flexibility index (Phi) is 3.88. The molecule has 2 N–H and O–H groups in total. The van der Waals surface area contributed by atoms with Crippen molar-refractivity contribution in [3.8, 4) is 11.3 Å². The van der Waals surface area contributed by atoms with Gasteiger partial charge in [0.25, 0.3) is 11.1 Å². The van der Waals surface area contributed by atoms with Crippen LogP contribution in [-0.2, 0) is 0 Å². The lowest BCUT2D eigenvalue weighted by Gasteiger charge is -2.20. The Hall–Kier alpha value is -3.28. The van der Waals surface area contributed by atoms with Gasteiger partial charge < -0.3 is 9.32 Å². The summed E-state index contributed by atoms with van der Waals surface area (Å²) in [6.45, 7) is 6.10. The van der Waals surface area contributed by atoms with Gasteiger partial charge in [0.1, 0.15) is 11.3 Å². The molecule has 4 aromatic rings. The van der Waals surface area contributed by atoms with Crippen LogP contribution in [0, 0.1) is 0 Å². The number of rotatable bonds is 4. The summed E-state index contributed by atoms with van der Waals surface area (Å²) >= 11 is 0. The maximum atomic E-state index is 12.0. The molecule has 0 aliphatic rings. The lowest BCUT2D eigenvalue weighted by molar-refractivity contribution is 0.631. The van der Waals surface area contributed by atoms with E-state index in [0.29, 0.717) is 16.5 Å². The van der Waals surface area contributed by atoms with E-state index < -0.39 is 0 Å².